The quantitative estimate of drug-likeness (QED) is 0.792. The van der Waals surface area contributed by atoms with Gasteiger partial charge in [0.1, 0.15) is 12.7 Å². The van der Waals surface area contributed by atoms with Gasteiger partial charge in [-0.05, 0) is 19.1 Å². The van der Waals surface area contributed by atoms with Crippen molar-refractivity contribution in [1.29, 1.82) is 0 Å². The predicted octanol–water partition coefficient (Wildman–Crippen LogP) is 0.797. The molecule has 2 atom stereocenters. The van der Waals surface area contributed by atoms with E-state index in [1.165, 1.54) is 0 Å². The number of fused-ring (bicyclic) bond motifs is 1. The molecule has 1 aromatic carbocycles. The van der Waals surface area contributed by atoms with E-state index in [0.29, 0.717) is 13.2 Å². The number of benzene rings is 1. The number of nitrogens with one attached hydrogen (secondary N) is 1. The molecule has 0 amide bonds. The molecule has 1 aliphatic heterocycles. The third-order valence-electron chi connectivity index (χ3n) is 2.67. The molecule has 2 unspecified atom stereocenters. The number of hydrogen-bond donors (Lipinski definition) is 2. The lowest BCUT2D eigenvalue weighted by atomic mass is 10.1. The van der Waals surface area contributed by atoms with Gasteiger partial charge in [-0.15, -0.1) is 0 Å². The summed E-state index contributed by atoms with van der Waals surface area (Å²) in [6.07, 6.45) is -0.0125. The van der Waals surface area contributed by atoms with E-state index < -0.39 is 0 Å². The normalized spacial score (nSPS) is 20.5. The standard InChI is InChI=1S/C12H17NO3/c1-9(13-6-7-14)12-8-15-10-4-2-3-5-11(10)16-12/h2-5,9,12-14H,6-8H2,1H3. The molecule has 0 bridgehead atoms. The van der Waals surface area contributed by atoms with Crippen molar-refractivity contribution < 1.29 is 14.6 Å². The first-order valence-corrected chi connectivity index (χ1v) is 5.54. The minimum atomic E-state index is -0.0125. The van der Waals surface area contributed by atoms with Crippen LogP contribution in [0.15, 0.2) is 24.3 Å². The van der Waals surface area contributed by atoms with Crippen LogP contribution in [0.1, 0.15) is 6.92 Å². The summed E-state index contributed by atoms with van der Waals surface area (Å²) in [5.41, 5.74) is 0. The van der Waals surface area contributed by atoms with Crippen LogP contribution in [0.2, 0.25) is 0 Å². The third kappa shape index (κ3) is 2.46. The Kier molecular flexibility index (Phi) is 3.64. The van der Waals surface area contributed by atoms with Crippen molar-refractivity contribution in [2.45, 2.75) is 19.1 Å². The smallest absolute Gasteiger partial charge is 0.161 e. The highest BCUT2D eigenvalue weighted by Gasteiger charge is 2.25. The van der Waals surface area contributed by atoms with Crippen LogP contribution in [0.5, 0.6) is 11.5 Å². The second-order valence-corrected chi connectivity index (χ2v) is 3.88. The van der Waals surface area contributed by atoms with Gasteiger partial charge in [0.2, 0.25) is 0 Å². The van der Waals surface area contributed by atoms with Crippen molar-refractivity contribution in [2.75, 3.05) is 19.8 Å². The minimum absolute atomic E-state index is 0.0125. The monoisotopic (exact) mass is 223 g/mol. The lowest BCUT2D eigenvalue weighted by molar-refractivity contribution is 0.0654. The highest BCUT2D eigenvalue weighted by atomic mass is 16.6. The van der Waals surface area contributed by atoms with Crippen molar-refractivity contribution in [2.24, 2.45) is 0 Å². The van der Waals surface area contributed by atoms with Crippen LogP contribution >= 0.6 is 0 Å². The molecule has 16 heavy (non-hydrogen) atoms. The van der Waals surface area contributed by atoms with Crippen LogP contribution in [0.25, 0.3) is 0 Å². The summed E-state index contributed by atoms with van der Waals surface area (Å²) in [7, 11) is 0. The summed E-state index contributed by atoms with van der Waals surface area (Å²) in [6.45, 7) is 3.27. The molecule has 0 spiro atoms. The molecule has 1 aromatic rings. The Morgan fingerprint density at radius 3 is 2.94 bits per heavy atom. The fraction of sp³-hybridized carbons (Fsp3) is 0.500. The molecule has 0 aromatic heterocycles. The zero-order valence-corrected chi connectivity index (χ0v) is 9.35. The second kappa shape index (κ2) is 5.18. The van der Waals surface area contributed by atoms with Gasteiger partial charge in [-0.3, -0.25) is 0 Å². The summed E-state index contributed by atoms with van der Waals surface area (Å²) < 4.78 is 11.4. The van der Waals surface area contributed by atoms with E-state index >= 15 is 0 Å². The Hall–Kier alpha value is -1.26. The van der Waals surface area contributed by atoms with E-state index in [1.807, 2.05) is 31.2 Å². The van der Waals surface area contributed by atoms with E-state index in [2.05, 4.69) is 5.32 Å². The highest BCUT2D eigenvalue weighted by Crippen LogP contribution is 2.31. The summed E-state index contributed by atoms with van der Waals surface area (Å²) in [4.78, 5) is 0. The van der Waals surface area contributed by atoms with Crippen molar-refractivity contribution in [3.8, 4) is 11.5 Å². The Labute approximate surface area is 95.2 Å². The van der Waals surface area contributed by atoms with Crippen molar-refractivity contribution >= 4 is 0 Å². The Bertz CT molecular complexity index is 343. The van der Waals surface area contributed by atoms with E-state index in [0.717, 1.165) is 11.5 Å². The van der Waals surface area contributed by atoms with Gasteiger partial charge >= 0.3 is 0 Å². The molecule has 88 valence electrons. The number of ether oxygens (including phenoxy) is 2. The number of hydrogen-bond acceptors (Lipinski definition) is 4. The maximum Gasteiger partial charge on any atom is 0.161 e. The number of para-hydroxylation sites is 2. The molecule has 4 heteroatoms. The third-order valence-corrected chi connectivity index (χ3v) is 2.67. The van der Waals surface area contributed by atoms with Gasteiger partial charge in [0.15, 0.2) is 11.5 Å². The molecule has 0 saturated carbocycles. The van der Waals surface area contributed by atoms with E-state index in [-0.39, 0.29) is 18.8 Å². The van der Waals surface area contributed by atoms with Crippen LogP contribution in [-0.4, -0.2) is 37.0 Å². The second-order valence-electron chi connectivity index (χ2n) is 3.88. The van der Waals surface area contributed by atoms with Gasteiger partial charge in [-0.2, -0.15) is 0 Å². The highest BCUT2D eigenvalue weighted by molar-refractivity contribution is 5.40. The first-order valence-electron chi connectivity index (χ1n) is 5.54. The van der Waals surface area contributed by atoms with E-state index in [1.54, 1.807) is 0 Å². The van der Waals surface area contributed by atoms with Gasteiger partial charge in [0, 0.05) is 12.6 Å². The van der Waals surface area contributed by atoms with Gasteiger partial charge < -0.3 is 19.9 Å². The van der Waals surface area contributed by atoms with Crippen LogP contribution in [0.3, 0.4) is 0 Å². The van der Waals surface area contributed by atoms with Gasteiger partial charge in [0.25, 0.3) is 0 Å². The largest absolute Gasteiger partial charge is 0.486 e. The molecule has 1 heterocycles. The molecule has 4 nitrogen and oxygen atoms in total. The van der Waals surface area contributed by atoms with Crippen LogP contribution in [-0.2, 0) is 0 Å². The van der Waals surface area contributed by atoms with Crippen LogP contribution in [0, 0.1) is 0 Å². The maximum atomic E-state index is 8.74. The topological polar surface area (TPSA) is 50.7 Å². The predicted molar refractivity (Wildman–Crippen MR) is 60.9 cm³/mol. The first-order chi connectivity index (χ1) is 7.81. The summed E-state index contributed by atoms with van der Waals surface area (Å²) >= 11 is 0. The summed E-state index contributed by atoms with van der Waals surface area (Å²) in [6, 6.07) is 7.81. The van der Waals surface area contributed by atoms with Crippen molar-refractivity contribution in [3.63, 3.8) is 0 Å². The Balaban J connectivity index is 1.97. The molecule has 0 saturated heterocycles. The van der Waals surface area contributed by atoms with E-state index in [9.17, 15) is 0 Å². The minimum Gasteiger partial charge on any atom is -0.486 e. The fourth-order valence-electron chi connectivity index (χ4n) is 1.71. The van der Waals surface area contributed by atoms with Crippen molar-refractivity contribution in [1.82, 2.24) is 5.32 Å². The fourth-order valence-corrected chi connectivity index (χ4v) is 1.71. The molecule has 2 rings (SSSR count). The number of aliphatic hydroxyl groups is 1. The molecular weight excluding hydrogens is 206 g/mol. The average Bonchev–Trinajstić information content (AvgIpc) is 2.35. The summed E-state index contributed by atoms with van der Waals surface area (Å²) in [5, 5.41) is 11.9. The Morgan fingerprint density at radius 2 is 2.19 bits per heavy atom. The zero-order chi connectivity index (χ0) is 11.4. The van der Waals surface area contributed by atoms with Crippen molar-refractivity contribution in [3.05, 3.63) is 24.3 Å². The molecule has 1 aliphatic rings. The SMILES string of the molecule is CC(NCCO)C1COc2ccccc2O1. The zero-order valence-electron chi connectivity index (χ0n) is 9.35. The lowest BCUT2D eigenvalue weighted by Crippen LogP contribution is -2.46. The molecule has 0 fully saturated rings. The van der Waals surface area contributed by atoms with Gasteiger partial charge in [-0.25, -0.2) is 0 Å². The van der Waals surface area contributed by atoms with Crippen LogP contribution in [0.4, 0.5) is 0 Å². The maximum absolute atomic E-state index is 8.74. The molecule has 0 aliphatic carbocycles. The van der Waals surface area contributed by atoms with E-state index in [4.69, 9.17) is 14.6 Å². The average molecular weight is 223 g/mol. The summed E-state index contributed by atoms with van der Waals surface area (Å²) in [5.74, 6) is 1.59. The molecular formula is C12H17NO3. The molecule has 2 N–H and O–H groups in total. The van der Waals surface area contributed by atoms with Gasteiger partial charge in [0.05, 0.1) is 6.61 Å². The Morgan fingerprint density at radius 1 is 1.44 bits per heavy atom. The van der Waals surface area contributed by atoms with Gasteiger partial charge in [-0.1, -0.05) is 12.1 Å². The van der Waals surface area contributed by atoms with Crippen LogP contribution < -0.4 is 14.8 Å². The first kappa shape index (κ1) is 11.2. The number of rotatable bonds is 4. The molecule has 0 radical (unpaired) electrons. The lowest BCUT2D eigenvalue weighted by Gasteiger charge is -2.30. The number of aliphatic hydroxyl groups excluding tert-OH is 1.